The Hall–Kier alpha value is -2.74. The molecule has 140 valence electrons. The molecule has 0 fully saturated rings. The summed E-state index contributed by atoms with van der Waals surface area (Å²) < 4.78 is 1.81. The number of thiophene rings is 1. The van der Waals surface area contributed by atoms with Gasteiger partial charge in [-0.15, -0.1) is 0 Å². The number of urea groups is 1. The molecule has 1 aliphatic heterocycles. The maximum Gasteiger partial charge on any atom is 0.325 e. The van der Waals surface area contributed by atoms with Crippen molar-refractivity contribution < 1.29 is 4.79 Å². The van der Waals surface area contributed by atoms with Crippen LogP contribution in [0.2, 0.25) is 0 Å². The molecule has 0 unspecified atom stereocenters. The van der Waals surface area contributed by atoms with Gasteiger partial charge in [-0.1, -0.05) is 24.3 Å². The van der Waals surface area contributed by atoms with Gasteiger partial charge in [0.05, 0.1) is 5.39 Å². The van der Waals surface area contributed by atoms with E-state index in [4.69, 9.17) is 4.98 Å². The molecule has 0 saturated carbocycles. The number of amides is 2. The van der Waals surface area contributed by atoms with Crippen LogP contribution in [0.1, 0.15) is 31.2 Å². The van der Waals surface area contributed by atoms with E-state index in [1.54, 1.807) is 24.4 Å². The van der Waals surface area contributed by atoms with Gasteiger partial charge in [-0.2, -0.15) is 0 Å². The van der Waals surface area contributed by atoms with Crippen LogP contribution in [0.4, 0.5) is 15.6 Å². The number of anilines is 2. The van der Waals surface area contributed by atoms with E-state index >= 15 is 0 Å². The van der Waals surface area contributed by atoms with E-state index in [-0.39, 0.29) is 11.6 Å². The predicted octanol–water partition coefficient (Wildman–Crippen LogP) is 3.78. The van der Waals surface area contributed by atoms with Gasteiger partial charge < -0.3 is 0 Å². The molecular weight excluding hydrogens is 362 g/mol. The molecule has 3 aromatic rings. The lowest BCUT2D eigenvalue weighted by Crippen LogP contribution is -2.24. The van der Waals surface area contributed by atoms with Crippen LogP contribution in [0.5, 0.6) is 0 Å². The van der Waals surface area contributed by atoms with Gasteiger partial charge >= 0.3 is 6.03 Å². The van der Waals surface area contributed by atoms with Gasteiger partial charge in [0, 0.05) is 19.2 Å². The van der Waals surface area contributed by atoms with Crippen LogP contribution in [0.25, 0.3) is 10.2 Å². The summed E-state index contributed by atoms with van der Waals surface area (Å²) in [5.74, 6) is 1.91. The van der Waals surface area contributed by atoms with Gasteiger partial charge in [0.1, 0.15) is 21.5 Å². The topological polar surface area (TPSA) is 88.9 Å². The molecule has 7 nitrogen and oxygen atoms in total. The van der Waals surface area contributed by atoms with E-state index in [9.17, 15) is 9.59 Å². The highest BCUT2D eigenvalue weighted by Crippen LogP contribution is 2.33. The molecule has 3 aromatic heterocycles. The van der Waals surface area contributed by atoms with E-state index in [1.807, 2.05) is 11.5 Å². The van der Waals surface area contributed by atoms with Crippen LogP contribution in [-0.2, 0) is 13.0 Å². The highest BCUT2D eigenvalue weighted by atomic mass is 32.1. The fourth-order valence-corrected chi connectivity index (χ4v) is 4.44. The van der Waals surface area contributed by atoms with Crippen molar-refractivity contribution >= 4 is 38.4 Å². The molecule has 0 aliphatic carbocycles. The second-order valence-corrected chi connectivity index (χ2v) is 7.95. The van der Waals surface area contributed by atoms with Crippen molar-refractivity contribution in [2.75, 3.05) is 10.6 Å². The molecule has 4 heterocycles. The van der Waals surface area contributed by atoms with Gasteiger partial charge in [-0.05, 0) is 43.4 Å². The van der Waals surface area contributed by atoms with Crippen LogP contribution in [0, 0.1) is 12.8 Å². The zero-order chi connectivity index (χ0) is 19.0. The minimum Gasteiger partial charge on any atom is -0.299 e. The molecule has 1 atom stereocenters. The van der Waals surface area contributed by atoms with E-state index in [1.165, 1.54) is 11.3 Å². The molecule has 0 radical (unpaired) electrons. The normalized spacial score (nSPS) is 16.6. The van der Waals surface area contributed by atoms with Crippen molar-refractivity contribution in [2.45, 2.75) is 39.7 Å². The summed E-state index contributed by atoms with van der Waals surface area (Å²) in [5.41, 5.74) is 0.757. The zero-order valence-corrected chi connectivity index (χ0v) is 16.1. The minimum absolute atomic E-state index is 0.00367. The average molecular weight is 383 g/mol. The van der Waals surface area contributed by atoms with Crippen molar-refractivity contribution in [1.29, 1.82) is 0 Å². The van der Waals surface area contributed by atoms with E-state index < -0.39 is 0 Å². The van der Waals surface area contributed by atoms with Gasteiger partial charge in [0.25, 0.3) is 5.56 Å². The Bertz CT molecular complexity index is 1060. The Balaban J connectivity index is 1.65. The molecule has 1 aliphatic rings. The van der Waals surface area contributed by atoms with Crippen LogP contribution in [0.3, 0.4) is 0 Å². The SMILES string of the molecule is Cc1c(NC(=O)Nc2ccccn2)sc2nc3n(c(=O)c12)CC[C@@H](C)CC3. The maximum atomic E-state index is 13.0. The van der Waals surface area contributed by atoms with Crippen molar-refractivity contribution in [1.82, 2.24) is 14.5 Å². The number of carbonyl (C=O) groups is 1. The van der Waals surface area contributed by atoms with Crippen LogP contribution >= 0.6 is 11.3 Å². The van der Waals surface area contributed by atoms with Crippen molar-refractivity contribution in [3.63, 3.8) is 0 Å². The quantitative estimate of drug-likeness (QED) is 0.705. The first kappa shape index (κ1) is 17.7. The number of pyridine rings is 1. The molecule has 2 amide bonds. The maximum absolute atomic E-state index is 13.0. The van der Waals surface area contributed by atoms with Gasteiger partial charge in [-0.3, -0.25) is 20.0 Å². The van der Waals surface area contributed by atoms with Crippen molar-refractivity contribution in [3.8, 4) is 0 Å². The number of nitrogens with zero attached hydrogens (tertiary/aromatic N) is 3. The number of aromatic nitrogens is 3. The number of rotatable bonds is 2. The molecule has 0 spiro atoms. The van der Waals surface area contributed by atoms with E-state index in [0.29, 0.717) is 33.5 Å². The first-order chi connectivity index (χ1) is 13.0. The Labute approximate surface area is 160 Å². The molecular formula is C19H21N5O2S. The van der Waals surface area contributed by atoms with Crippen molar-refractivity contribution in [3.05, 3.63) is 46.1 Å². The Kier molecular flexibility index (Phi) is 4.65. The molecule has 0 aromatic carbocycles. The summed E-state index contributed by atoms with van der Waals surface area (Å²) in [6.07, 6.45) is 4.45. The molecule has 0 bridgehead atoms. The number of nitrogens with one attached hydrogen (secondary N) is 2. The lowest BCUT2D eigenvalue weighted by Gasteiger charge is -2.08. The largest absolute Gasteiger partial charge is 0.325 e. The van der Waals surface area contributed by atoms with E-state index in [2.05, 4.69) is 22.5 Å². The Morgan fingerprint density at radius 3 is 2.93 bits per heavy atom. The molecule has 0 saturated heterocycles. The Morgan fingerprint density at radius 2 is 2.15 bits per heavy atom. The van der Waals surface area contributed by atoms with Gasteiger partial charge in [-0.25, -0.2) is 14.8 Å². The summed E-state index contributed by atoms with van der Waals surface area (Å²) in [4.78, 5) is 34.8. The fraction of sp³-hybridized carbons (Fsp3) is 0.368. The Morgan fingerprint density at radius 1 is 1.30 bits per heavy atom. The monoisotopic (exact) mass is 383 g/mol. The van der Waals surface area contributed by atoms with Crippen LogP contribution in [0.15, 0.2) is 29.2 Å². The minimum atomic E-state index is -0.390. The molecule has 2 N–H and O–H groups in total. The summed E-state index contributed by atoms with van der Waals surface area (Å²) in [6, 6.07) is 4.90. The second kappa shape index (κ2) is 7.11. The average Bonchev–Trinajstić information content (AvgIpc) is 2.82. The van der Waals surface area contributed by atoms with Gasteiger partial charge in [0.15, 0.2) is 0 Å². The fourth-order valence-electron chi connectivity index (χ4n) is 3.36. The lowest BCUT2D eigenvalue weighted by molar-refractivity contribution is 0.262. The second-order valence-electron chi connectivity index (χ2n) is 6.95. The van der Waals surface area contributed by atoms with Gasteiger partial charge in [0.2, 0.25) is 0 Å². The van der Waals surface area contributed by atoms with Crippen LogP contribution in [-0.4, -0.2) is 20.6 Å². The van der Waals surface area contributed by atoms with Crippen molar-refractivity contribution in [2.24, 2.45) is 5.92 Å². The summed E-state index contributed by atoms with van der Waals surface area (Å²) in [6.45, 7) is 4.77. The summed E-state index contributed by atoms with van der Waals surface area (Å²) >= 11 is 1.34. The number of carbonyl (C=O) groups excluding carboxylic acids is 1. The molecule has 4 rings (SSSR count). The smallest absolute Gasteiger partial charge is 0.299 e. The standard InChI is InChI=1S/C19H21N5O2S/c1-11-6-7-14-22-17-15(18(25)24(14)10-8-11)12(2)16(27-17)23-19(26)21-13-5-3-4-9-20-13/h3-5,9,11H,6-8,10H2,1-2H3,(H2,20,21,23,26)/t11-/m0/s1. The third kappa shape index (κ3) is 3.44. The zero-order valence-electron chi connectivity index (χ0n) is 15.3. The molecule has 27 heavy (non-hydrogen) atoms. The summed E-state index contributed by atoms with van der Waals surface area (Å²) in [7, 11) is 0. The molecule has 8 heteroatoms. The van der Waals surface area contributed by atoms with Crippen LogP contribution < -0.4 is 16.2 Å². The number of aryl methyl sites for hydroxylation is 2. The third-order valence-electron chi connectivity index (χ3n) is 4.97. The predicted molar refractivity (Wildman–Crippen MR) is 108 cm³/mol. The third-order valence-corrected chi connectivity index (χ3v) is 6.07. The number of fused-ring (bicyclic) bond motifs is 2. The highest BCUT2D eigenvalue weighted by molar-refractivity contribution is 7.22. The lowest BCUT2D eigenvalue weighted by atomic mass is 10.0. The first-order valence-electron chi connectivity index (χ1n) is 9.05. The highest BCUT2D eigenvalue weighted by Gasteiger charge is 2.21. The van der Waals surface area contributed by atoms with E-state index in [0.717, 1.165) is 30.7 Å². The number of hydrogen-bond donors (Lipinski definition) is 2. The number of hydrogen-bond acceptors (Lipinski definition) is 5. The summed E-state index contributed by atoms with van der Waals surface area (Å²) in [5, 5.41) is 6.75. The first-order valence-corrected chi connectivity index (χ1v) is 9.86.